The predicted molar refractivity (Wildman–Crippen MR) is 120 cm³/mol. The van der Waals surface area contributed by atoms with Crippen LogP contribution >= 0.6 is 23.2 Å². The zero-order chi connectivity index (χ0) is 21.8. The van der Waals surface area contributed by atoms with Crippen molar-refractivity contribution in [3.63, 3.8) is 0 Å². The molecule has 0 aliphatic heterocycles. The van der Waals surface area contributed by atoms with Gasteiger partial charge in [-0.05, 0) is 24.3 Å². The second kappa shape index (κ2) is 9.25. The molecule has 0 spiro atoms. The normalized spacial score (nSPS) is 11.8. The number of aromatic amines is 1. The minimum absolute atomic E-state index is 0.273. The van der Waals surface area contributed by atoms with Gasteiger partial charge in [0.1, 0.15) is 5.75 Å². The van der Waals surface area contributed by atoms with E-state index in [4.69, 9.17) is 32.7 Å². The molecular formula is C24H17Cl2NO4. The summed E-state index contributed by atoms with van der Waals surface area (Å²) in [4.78, 5) is 29.0. The maximum atomic E-state index is 13.3. The molecule has 4 aromatic rings. The summed E-state index contributed by atoms with van der Waals surface area (Å²) in [5.41, 5.74) is 1.83. The Labute approximate surface area is 188 Å². The predicted octanol–water partition coefficient (Wildman–Crippen LogP) is 6.02. The van der Waals surface area contributed by atoms with Gasteiger partial charge in [0, 0.05) is 33.2 Å². The molecule has 0 fully saturated rings. The lowest BCUT2D eigenvalue weighted by Gasteiger charge is -2.17. The first-order valence-corrected chi connectivity index (χ1v) is 10.2. The number of ketones is 1. The molecule has 7 heteroatoms. The van der Waals surface area contributed by atoms with Crippen molar-refractivity contribution in [3.05, 3.63) is 100 Å². The quantitative estimate of drug-likeness (QED) is 0.274. The van der Waals surface area contributed by atoms with Crippen LogP contribution in [-0.4, -0.2) is 23.3 Å². The smallest absolute Gasteiger partial charge is 0.345 e. The second-order valence-electron chi connectivity index (χ2n) is 6.76. The monoisotopic (exact) mass is 453 g/mol. The van der Waals surface area contributed by atoms with E-state index < -0.39 is 18.7 Å². The molecule has 5 nitrogen and oxygen atoms in total. The highest BCUT2D eigenvalue weighted by Gasteiger charge is 2.28. The first-order valence-electron chi connectivity index (χ1n) is 9.45. The Bertz CT molecular complexity index is 1240. The molecule has 1 aromatic heterocycles. The molecule has 4 rings (SSSR count). The molecule has 0 saturated carbocycles. The summed E-state index contributed by atoms with van der Waals surface area (Å²) in [5, 5.41) is 1.48. The van der Waals surface area contributed by atoms with Crippen LogP contribution in [0, 0.1) is 0 Å². The topological polar surface area (TPSA) is 68.4 Å². The fraction of sp³-hybridized carbons (Fsp3) is 0.0833. The Morgan fingerprint density at radius 2 is 1.68 bits per heavy atom. The van der Waals surface area contributed by atoms with E-state index in [9.17, 15) is 9.59 Å². The number of Topliss-reactive ketones (excluding diaryl/α,β-unsaturated/α-hetero) is 1. The van der Waals surface area contributed by atoms with Gasteiger partial charge in [0.15, 0.2) is 12.7 Å². The molecule has 0 saturated heterocycles. The number of H-pyrrole nitrogens is 1. The summed E-state index contributed by atoms with van der Waals surface area (Å²) in [7, 11) is 0. The summed E-state index contributed by atoms with van der Waals surface area (Å²) in [6, 6.07) is 21.0. The largest absolute Gasteiger partial charge is 0.480 e. The number of carbonyl (C=O) groups excluding carboxylic acids is 2. The van der Waals surface area contributed by atoms with E-state index in [0.717, 1.165) is 10.9 Å². The first kappa shape index (κ1) is 21.0. The molecule has 1 N–H and O–H groups in total. The molecule has 1 atom stereocenters. The lowest BCUT2D eigenvalue weighted by molar-refractivity contribution is -0.149. The summed E-state index contributed by atoms with van der Waals surface area (Å²) in [6.45, 7) is -0.411. The fourth-order valence-corrected chi connectivity index (χ4v) is 3.67. The Kier molecular flexibility index (Phi) is 6.26. The van der Waals surface area contributed by atoms with Crippen molar-refractivity contribution in [2.45, 2.75) is 6.10 Å². The molecule has 156 valence electrons. The molecule has 0 aliphatic carbocycles. The number of para-hydroxylation sites is 1. The number of fused-ring (bicyclic) bond motifs is 1. The lowest BCUT2D eigenvalue weighted by Crippen LogP contribution is -2.23. The van der Waals surface area contributed by atoms with Crippen molar-refractivity contribution in [1.82, 2.24) is 4.98 Å². The SMILES string of the molecule is O=C(COc1ccc(Cl)cc1Cl)OC(C(=O)c1c[nH]c2ccccc12)c1ccccc1. The number of rotatable bonds is 7. The Hall–Kier alpha value is -3.28. The van der Waals surface area contributed by atoms with Gasteiger partial charge in [0.25, 0.3) is 0 Å². The van der Waals surface area contributed by atoms with Gasteiger partial charge in [0.05, 0.1) is 5.02 Å². The third-order valence-electron chi connectivity index (χ3n) is 4.68. The molecule has 0 aliphatic rings. The number of hydrogen-bond donors (Lipinski definition) is 1. The molecule has 1 unspecified atom stereocenters. The van der Waals surface area contributed by atoms with Crippen LogP contribution in [0.1, 0.15) is 22.0 Å². The molecule has 3 aromatic carbocycles. The van der Waals surface area contributed by atoms with E-state index in [2.05, 4.69) is 4.98 Å². The second-order valence-corrected chi connectivity index (χ2v) is 7.60. The van der Waals surface area contributed by atoms with Gasteiger partial charge in [-0.3, -0.25) is 4.79 Å². The highest BCUT2D eigenvalue weighted by molar-refractivity contribution is 6.35. The van der Waals surface area contributed by atoms with Gasteiger partial charge in [-0.2, -0.15) is 0 Å². The summed E-state index contributed by atoms with van der Waals surface area (Å²) in [6.07, 6.45) is 0.512. The average molecular weight is 454 g/mol. The number of nitrogens with one attached hydrogen (secondary N) is 1. The van der Waals surface area contributed by atoms with Gasteiger partial charge in [-0.1, -0.05) is 71.7 Å². The van der Waals surface area contributed by atoms with Crippen LogP contribution in [0.3, 0.4) is 0 Å². The van der Waals surface area contributed by atoms with Crippen molar-refractivity contribution in [2.24, 2.45) is 0 Å². The molecule has 0 amide bonds. The van der Waals surface area contributed by atoms with Crippen molar-refractivity contribution in [1.29, 1.82) is 0 Å². The fourth-order valence-electron chi connectivity index (χ4n) is 3.21. The van der Waals surface area contributed by atoms with Crippen molar-refractivity contribution in [3.8, 4) is 5.75 Å². The van der Waals surface area contributed by atoms with E-state index in [1.807, 2.05) is 30.3 Å². The zero-order valence-electron chi connectivity index (χ0n) is 16.2. The number of hydrogen-bond acceptors (Lipinski definition) is 4. The number of carbonyl (C=O) groups is 2. The third-order valence-corrected chi connectivity index (χ3v) is 5.21. The maximum Gasteiger partial charge on any atom is 0.345 e. The molecule has 1 heterocycles. The highest BCUT2D eigenvalue weighted by Crippen LogP contribution is 2.29. The van der Waals surface area contributed by atoms with Crippen molar-refractivity contribution in [2.75, 3.05) is 6.61 Å². The van der Waals surface area contributed by atoms with Crippen LogP contribution in [0.2, 0.25) is 10.0 Å². The van der Waals surface area contributed by atoms with E-state index in [-0.39, 0.29) is 10.8 Å². The van der Waals surface area contributed by atoms with Crippen LogP contribution in [0.4, 0.5) is 0 Å². The maximum absolute atomic E-state index is 13.3. The first-order chi connectivity index (χ1) is 15.0. The molecular weight excluding hydrogens is 437 g/mol. The van der Waals surface area contributed by atoms with Gasteiger partial charge in [-0.15, -0.1) is 0 Å². The van der Waals surface area contributed by atoms with Crippen LogP contribution in [0.5, 0.6) is 5.75 Å². The number of halogens is 2. The standard InChI is InChI=1S/C24H17Cl2NO4/c25-16-10-11-21(19(26)12-16)30-14-22(28)31-24(15-6-2-1-3-7-15)23(29)18-13-27-20-9-5-4-8-17(18)20/h1-13,24,27H,14H2. The minimum Gasteiger partial charge on any atom is -0.480 e. The van der Waals surface area contributed by atoms with Gasteiger partial charge in [-0.25, -0.2) is 4.79 Å². The lowest BCUT2D eigenvalue weighted by atomic mass is 9.99. The van der Waals surface area contributed by atoms with E-state index in [0.29, 0.717) is 21.9 Å². The Morgan fingerprint density at radius 3 is 2.45 bits per heavy atom. The van der Waals surface area contributed by atoms with Crippen LogP contribution < -0.4 is 4.74 Å². The zero-order valence-corrected chi connectivity index (χ0v) is 17.7. The summed E-state index contributed by atoms with van der Waals surface area (Å²) in [5.74, 6) is -0.739. The Morgan fingerprint density at radius 1 is 0.935 bits per heavy atom. The third kappa shape index (κ3) is 4.74. The van der Waals surface area contributed by atoms with Crippen molar-refractivity contribution < 1.29 is 19.1 Å². The number of benzene rings is 3. The molecule has 31 heavy (non-hydrogen) atoms. The van der Waals surface area contributed by atoms with Crippen LogP contribution in [0.25, 0.3) is 10.9 Å². The summed E-state index contributed by atoms with van der Waals surface area (Å²) >= 11 is 11.9. The van der Waals surface area contributed by atoms with Crippen LogP contribution in [-0.2, 0) is 9.53 Å². The van der Waals surface area contributed by atoms with E-state index >= 15 is 0 Å². The van der Waals surface area contributed by atoms with Crippen LogP contribution in [0.15, 0.2) is 79.0 Å². The van der Waals surface area contributed by atoms with Gasteiger partial charge < -0.3 is 14.5 Å². The number of aromatic nitrogens is 1. The van der Waals surface area contributed by atoms with Gasteiger partial charge in [0.2, 0.25) is 5.78 Å². The average Bonchev–Trinajstić information content (AvgIpc) is 3.21. The van der Waals surface area contributed by atoms with Gasteiger partial charge >= 0.3 is 5.97 Å². The molecule has 0 bridgehead atoms. The summed E-state index contributed by atoms with van der Waals surface area (Å²) < 4.78 is 11.0. The minimum atomic E-state index is -1.11. The van der Waals surface area contributed by atoms with E-state index in [1.165, 1.54) is 6.07 Å². The highest BCUT2D eigenvalue weighted by atomic mass is 35.5. The number of esters is 1. The van der Waals surface area contributed by atoms with Crippen molar-refractivity contribution >= 4 is 45.9 Å². The Balaban J connectivity index is 1.55. The molecule has 0 radical (unpaired) electrons. The van der Waals surface area contributed by atoms with E-state index in [1.54, 1.807) is 42.6 Å². The number of ether oxygens (including phenoxy) is 2.